The molecule has 1 amide bonds. The molecule has 0 aromatic heterocycles. The van der Waals surface area contributed by atoms with Gasteiger partial charge in [-0.2, -0.15) is 0 Å². The topological polar surface area (TPSA) is 29.1 Å². The molecule has 0 heterocycles. The van der Waals surface area contributed by atoms with Crippen molar-refractivity contribution in [3.63, 3.8) is 0 Å². The van der Waals surface area contributed by atoms with Gasteiger partial charge in [0.05, 0.1) is 0 Å². The van der Waals surface area contributed by atoms with E-state index in [2.05, 4.69) is 11.2 Å². The van der Waals surface area contributed by atoms with Gasteiger partial charge in [-0.15, -0.1) is 12.3 Å². The smallest absolute Gasteiger partial charge is 0.220 e. The molecule has 0 aliphatic heterocycles. The van der Waals surface area contributed by atoms with Crippen molar-refractivity contribution in [3.8, 4) is 12.3 Å². The van der Waals surface area contributed by atoms with E-state index in [0.29, 0.717) is 6.42 Å². The van der Waals surface area contributed by atoms with Gasteiger partial charge in [-0.05, 0) is 18.8 Å². The highest BCUT2D eigenvalue weighted by Crippen LogP contribution is 2.28. The molecule has 0 atom stereocenters. The minimum atomic E-state index is 0.193. The lowest BCUT2D eigenvalue weighted by Gasteiger charge is -2.08. The third-order valence-electron chi connectivity index (χ3n) is 3.07. The molecule has 2 nitrogen and oxygen atoms in total. The van der Waals surface area contributed by atoms with E-state index in [0.717, 1.165) is 31.7 Å². The van der Waals surface area contributed by atoms with Crippen molar-refractivity contribution in [2.75, 3.05) is 6.54 Å². The van der Waals surface area contributed by atoms with Gasteiger partial charge in [0.1, 0.15) is 0 Å². The molecule has 0 saturated heterocycles. The molecule has 0 aromatic rings. The summed E-state index contributed by atoms with van der Waals surface area (Å²) in [6.45, 7) is 0.730. The predicted molar refractivity (Wildman–Crippen MR) is 62.3 cm³/mol. The van der Waals surface area contributed by atoms with Crippen LogP contribution in [0, 0.1) is 18.3 Å². The maximum atomic E-state index is 11.4. The average Bonchev–Trinajstić information content (AvgIpc) is 2.74. The Morgan fingerprint density at radius 3 is 2.80 bits per heavy atom. The van der Waals surface area contributed by atoms with Gasteiger partial charge in [0.15, 0.2) is 0 Å². The number of hydrogen-bond donors (Lipinski definition) is 1. The van der Waals surface area contributed by atoms with Crippen LogP contribution in [0.5, 0.6) is 0 Å². The third kappa shape index (κ3) is 5.47. The van der Waals surface area contributed by atoms with Crippen LogP contribution >= 0.6 is 0 Å². The zero-order valence-corrected chi connectivity index (χ0v) is 9.43. The van der Waals surface area contributed by atoms with Crippen molar-refractivity contribution < 1.29 is 4.79 Å². The summed E-state index contributed by atoms with van der Waals surface area (Å²) in [4.78, 5) is 11.4. The van der Waals surface area contributed by atoms with E-state index in [4.69, 9.17) is 6.42 Å². The molecule has 0 aromatic carbocycles. The summed E-state index contributed by atoms with van der Waals surface area (Å²) in [6.07, 6.45) is 13.9. The summed E-state index contributed by atoms with van der Waals surface area (Å²) in [7, 11) is 0. The van der Waals surface area contributed by atoms with E-state index in [-0.39, 0.29) is 5.91 Å². The first kappa shape index (κ1) is 12.1. The lowest BCUT2D eigenvalue weighted by atomic mass is 10.0. The first-order valence-electron chi connectivity index (χ1n) is 6.03. The van der Waals surface area contributed by atoms with Crippen LogP contribution in [0.1, 0.15) is 51.4 Å². The Balaban J connectivity index is 1.96. The molecular weight excluding hydrogens is 186 g/mol. The maximum absolute atomic E-state index is 11.4. The molecule has 1 saturated carbocycles. The van der Waals surface area contributed by atoms with Gasteiger partial charge in [-0.25, -0.2) is 0 Å². The van der Waals surface area contributed by atoms with Gasteiger partial charge < -0.3 is 5.32 Å². The zero-order valence-electron chi connectivity index (χ0n) is 9.43. The predicted octanol–water partition coefficient (Wildman–Crippen LogP) is 2.49. The van der Waals surface area contributed by atoms with E-state index in [1.54, 1.807) is 0 Å². The number of hydrogen-bond acceptors (Lipinski definition) is 1. The normalized spacial score (nSPS) is 16.2. The van der Waals surface area contributed by atoms with E-state index in [1.165, 1.54) is 25.7 Å². The van der Waals surface area contributed by atoms with Crippen LogP contribution in [0.2, 0.25) is 0 Å². The Morgan fingerprint density at radius 2 is 2.13 bits per heavy atom. The van der Waals surface area contributed by atoms with E-state index < -0.39 is 0 Å². The van der Waals surface area contributed by atoms with Crippen LogP contribution in [0.25, 0.3) is 0 Å². The van der Waals surface area contributed by atoms with Gasteiger partial charge in [-0.3, -0.25) is 4.79 Å². The monoisotopic (exact) mass is 207 g/mol. The van der Waals surface area contributed by atoms with Crippen LogP contribution in [0.4, 0.5) is 0 Å². The quantitative estimate of drug-likeness (QED) is 0.526. The van der Waals surface area contributed by atoms with Crippen molar-refractivity contribution in [3.05, 3.63) is 0 Å². The number of carbonyl (C=O) groups excluding carboxylic acids is 1. The first-order valence-corrected chi connectivity index (χ1v) is 6.03. The lowest BCUT2D eigenvalue weighted by molar-refractivity contribution is -0.121. The Hall–Kier alpha value is -0.970. The Labute approximate surface area is 92.8 Å². The number of rotatable bonds is 6. The van der Waals surface area contributed by atoms with Crippen LogP contribution in [-0.4, -0.2) is 12.5 Å². The largest absolute Gasteiger partial charge is 0.356 e. The number of unbranched alkanes of at least 4 members (excludes halogenated alkanes) is 1. The molecule has 15 heavy (non-hydrogen) atoms. The van der Waals surface area contributed by atoms with Crippen molar-refractivity contribution >= 4 is 5.91 Å². The minimum absolute atomic E-state index is 0.193. The van der Waals surface area contributed by atoms with Gasteiger partial charge in [0.25, 0.3) is 0 Å². The molecule has 1 fully saturated rings. The summed E-state index contributed by atoms with van der Waals surface area (Å²) in [6, 6.07) is 0. The van der Waals surface area contributed by atoms with Crippen molar-refractivity contribution in [2.24, 2.45) is 5.92 Å². The average molecular weight is 207 g/mol. The van der Waals surface area contributed by atoms with E-state index >= 15 is 0 Å². The zero-order chi connectivity index (χ0) is 10.9. The molecular formula is C13H21NO. The molecule has 84 valence electrons. The second kappa shape index (κ2) is 7.34. The Kier molecular flexibility index (Phi) is 5.92. The van der Waals surface area contributed by atoms with Crippen LogP contribution < -0.4 is 5.32 Å². The molecule has 1 aliphatic rings. The minimum Gasteiger partial charge on any atom is -0.356 e. The van der Waals surface area contributed by atoms with Crippen molar-refractivity contribution in [1.82, 2.24) is 5.32 Å². The maximum Gasteiger partial charge on any atom is 0.220 e. The second-order valence-corrected chi connectivity index (χ2v) is 4.35. The van der Waals surface area contributed by atoms with Gasteiger partial charge in [-0.1, -0.05) is 25.7 Å². The van der Waals surface area contributed by atoms with Gasteiger partial charge in [0.2, 0.25) is 5.91 Å². The molecule has 1 aliphatic carbocycles. The highest BCUT2D eigenvalue weighted by molar-refractivity contribution is 5.75. The standard InChI is InChI=1S/C13H21NO/c1-2-3-6-11-14-13(15)10-9-12-7-4-5-8-12/h1,12H,3-11H2,(H,14,15). The van der Waals surface area contributed by atoms with Crippen LogP contribution in [0.3, 0.4) is 0 Å². The third-order valence-corrected chi connectivity index (χ3v) is 3.07. The number of amides is 1. The first-order chi connectivity index (χ1) is 7.33. The van der Waals surface area contributed by atoms with Gasteiger partial charge >= 0.3 is 0 Å². The summed E-state index contributed by atoms with van der Waals surface area (Å²) < 4.78 is 0. The highest BCUT2D eigenvalue weighted by Gasteiger charge is 2.15. The summed E-state index contributed by atoms with van der Waals surface area (Å²) in [5.74, 6) is 3.57. The van der Waals surface area contributed by atoms with Crippen molar-refractivity contribution in [2.45, 2.75) is 51.4 Å². The van der Waals surface area contributed by atoms with Gasteiger partial charge in [0, 0.05) is 19.4 Å². The number of carbonyl (C=O) groups is 1. The molecule has 0 unspecified atom stereocenters. The Morgan fingerprint density at radius 1 is 1.40 bits per heavy atom. The molecule has 2 heteroatoms. The SMILES string of the molecule is C#CCCCNC(=O)CCC1CCCC1. The Bertz CT molecular complexity index is 223. The second-order valence-electron chi connectivity index (χ2n) is 4.35. The molecule has 0 bridgehead atoms. The summed E-state index contributed by atoms with van der Waals surface area (Å²) in [5, 5.41) is 2.91. The van der Waals surface area contributed by atoms with Crippen molar-refractivity contribution in [1.29, 1.82) is 0 Å². The molecule has 1 rings (SSSR count). The molecule has 0 radical (unpaired) electrons. The highest BCUT2D eigenvalue weighted by atomic mass is 16.1. The fourth-order valence-electron chi connectivity index (χ4n) is 2.14. The fraction of sp³-hybridized carbons (Fsp3) is 0.769. The summed E-state index contributed by atoms with van der Waals surface area (Å²) in [5.41, 5.74) is 0. The van der Waals surface area contributed by atoms with Crippen LogP contribution in [0.15, 0.2) is 0 Å². The summed E-state index contributed by atoms with van der Waals surface area (Å²) >= 11 is 0. The lowest BCUT2D eigenvalue weighted by Crippen LogP contribution is -2.24. The fourth-order valence-corrected chi connectivity index (χ4v) is 2.14. The van der Waals surface area contributed by atoms with E-state index in [1.807, 2.05) is 0 Å². The van der Waals surface area contributed by atoms with E-state index in [9.17, 15) is 4.79 Å². The molecule has 0 spiro atoms. The molecule has 1 N–H and O–H groups in total. The van der Waals surface area contributed by atoms with Crippen LogP contribution in [-0.2, 0) is 4.79 Å². The number of nitrogens with one attached hydrogen (secondary N) is 1. The number of terminal acetylenes is 1.